The normalized spacial score (nSPS) is 11.2. The van der Waals surface area contributed by atoms with Crippen molar-refractivity contribution in [3.05, 3.63) is 86.9 Å². The second-order valence-electron chi connectivity index (χ2n) is 5.30. The molecular weight excluding hydrogens is 359 g/mol. The number of hydrogen-bond acceptors (Lipinski definition) is 4. The van der Waals surface area contributed by atoms with Crippen molar-refractivity contribution < 1.29 is 13.7 Å². The van der Waals surface area contributed by atoms with Crippen molar-refractivity contribution in [2.24, 2.45) is 0 Å². The zero-order valence-corrected chi connectivity index (χ0v) is 13.9. The van der Waals surface area contributed by atoms with Crippen LogP contribution >= 0.6 is 11.6 Å². The molecule has 0 amide bonds. The Morgan fingerprint density at radius 1 is 1.23 bits per heavy atom. The summed E-state index contributed by atoms with van der Waals surface area (Å²) in [5, 5.41) is 20.3. The van der Waals surface area contributed by atoms with E-state index in [2.05, 4.69) is 0 Å². The number of nitro groups is 1. The first-order chi connectivity index (χ1) is 12.5. The highest BCUT2D eigenvalue weighted by Crippen LogP contribution is 2.33. The summed E-state index contributed by atoms with van der Waals surface area (Å²) in [6.45, 7) is 0. The van der Waals surface area contributed by atoms with Gasteiger partial charge in [0.1, 0.15) is 17.3 Å². The van der Waals surface area contributed by atoms with Gasteiger partial charge in [0.2, 0.25) is 0 Å². The Labute approximate surface area is 152 Å². The van der Waals surface area contributed by atoms with E-state index in [-0.39, 0.29) is 16.3 Å². The quantitative estimate of drug-likeness (QED) is 0.335. The average molecular weight is 369 g/mol. The van der Waals surface area contributed by atoms with Crippen molar-refractivity contribution in [1.29, 1.82) is 5.26 Å². The predicted molar refractivity (Wildman–Crippen MR) is 95.7 cm³/mol. The first-order valence-electron chi connectivity index (χ1n) is 7.40. The maximum Gasteiger partial charge on any atom is 0.270 e. The molecule has 2 aromatic carbocycles. The largest absolute Gasteiger partial charge is 0.457 e. The summed E-state index contributed by atoms with van der Waals surface area (Å²) >= 11 is 6.09. The van der Waals surface area contributed by atoms with Gasteiger partial charge in [-0.05, 0) is 42.0 Å². The molecule has 0 fully saturated rings. The van der Waals surface area contributed by atoms with Crippen molar-refractivity contribution in [2.45, 2.75) is 0 Å². The van der Waals surface area contributed by atoms with Crippen molar-refractivity contribution in [2.75, 3.05) is 0 Å². The molecule has 0 atom stereocenters. The number of benzene rings is 2. The first-order valence-corrected chi connectivity index (χ1v) is 7.77. The fraction of sp³-hybridized carbons (Fsp3) is 0. The number of non-ortho nitro benzene ring substituents is 1. The topological polar surface area (TPSA) is 80.1 Å². The van der Waals surface area contributed by atoms with Crippen LogP contribution in [0.4, 0.5) is 10.1 Å². The molecular formula is C19H10ClFN2O3. The number of halogens is 2. The van der Waals surface area contributed by atoms with Crippen LogP contribution in [0.2, 0.25) is 5.02 Å². The van der Waals surface area contributed by atoms with E-state index >= 15 is 0 Å². The van der Waals surface area contributed by atoms with Gasteiger partial charge in [-0.2, -0.15) is 5.26 Å². The number of rotatable bonds is 4. The number of nitrogens with zero attached hydrogens (tertiary/aromatic N) is 2. The summed E-state index contributed by atoms with van der Waals surface area (Å²) in [4.78, 5) is 10.2. The number of nitriles is 1. The lowest BCUT2D eigenvalue weighted by molar-refractivity contribution is -0.384. The summed E-state index contributed by atoms with van der Waals surface area (Å²) in [6.07, 6.45) is 1.48. The van der Waals surface area contributed by atoms with E-state index in [1.54, 1.807) is 18.2 Å². The molecule has 1 aromatic heterocycles. The van der Waals surface area contributed by atoms with Gasteiger partial charge in [0.15, 0.2) is 0 Å². The van der Waals surface area contributed by atoms with Crippen molar-refractivity contribution >= 4 is 28.9 Å². The monoisotopic (exact) mass is 368 g/mol. The number of allylic oxidation sites excluding steroid dienone is 1. The Morgan fingerprint density at radius 2 is 2.04 bits per heavy atom. The average Bonchev–Trinajstić information content (AvgIpc) is 3.07. The van der Waals surface area contributed by atoms with E-state index in [1.165, 1.54) is 42.5 Å². The van der Waals surface area contributed by atoms with Crippen LogP contribution in [0.3, 0.4) is 0 Å². The molecule has 7 heteroatoms. The molecule has 3 rings (SSSR count). The third-order valence-electron chi connectivity index (χ3n) is 3.60. The summed E-state index contributed by atoms with van der Waals surface area (Å²) in [5.74, 6) is 0.323. The van der Waals surface area contributed by atoms with Crippen LogP contribution in [-0.4, -0.2) is 4.92 Å². The van der Waals surface area contributed by atoms with Gasteiger partial charge in [0.05, 0.1) is 21.6 Å². The highest BCUT2D eigenvalue weighted by molar-refractivity contribution is 6.33. The fourth-order valence-electron chi connectivity index (χ4n) is 2.37. The van der Waals surface area contributed by atoms with Crippen LogP contribution < -0.4 is 0 Å². The van der Waals surface area contributed by atoms with E-state index < -0.39 is 10.7 Å². The zero-order valence-electron chi connectivity index (χ0n) is 13.1. The lowest BCUT2D eigenvalue weighted by atomic mass is 10.1. The zero-order chi connectivity index (χ0) is 18.7. The number of nitro benzene ring substituents is 1. The van der Waals surface area contributed by atoms with Crippen molar-refractivity contribution in [1.82, 2.24) is 0 Å². The molecule has 0 saturated carbocycles. The molecule has 0 bridgehead atoms. The van der Waals surface area contributed by atoms with Crippen LogP contribution in [0.5, 0.6) is 0 Å². The predicted octanol–water partition coefficient (Wildman–Crippen LogP) is 5.71. The number of hydrogen-bond donors (Lipinski definition) is 0. The minimum atomic E-state index is -0.538. The molecule has 0 N–H and O–H groups in total. The van der Waals surface area contributed by atoms with E-state index in [1.807, 2.05) is 6.07 Å². The maximum atomic E-state index is 13.3. The molecule has 1 heterocycles. The minimum Gasteiger partial charge on any atom is -0.457 e. The lowest BCUT2D eigenvalue weighted by Gasteiger charge is -2.01. The van der Waals surface area contributed by atoms with Crippen LogP contribution in [0.25, 0.3) is 23.0 Å². The van der Waals surface area contributed by atoms with Gasteiger partial charge < -0.3 is 4.42 Å². The summed E-state index contributed by atoms with van der Waals surface area (Å²) in [6, 6.07) is 15.0. The maximum absolute atomic E-state index is 13.3. The van der Waals surface area contributed by atoms with Crippen molar-refractivity contribution in [3.8, 4) is 17.4 Å². The van der Waals surface area contributed by atoms with Gasteiger partial charge in [0.25, 0.3) is 5.69 Å². The third-order valence-corrected chi connectivity index (χ3v) is 3.91. The highest BCUT2D eigenvalue weighted by Gasteiger charge is 2.13. The lowest BCUT2D eigenvalue weighted by Crippen LogP contribution is -1.88. The molecule has 3 aromatic rings. The van der Waals surface area contributed by atoms with Gasteiger partial charge in [-0.1, -0.05) is 23.7 Å². The van der Waals surface area contributed by atoms with Crippen LogP contribution in [0.15, 0.2) is 59.0 Å². The molecule has 5 nitrogen and oxygen atoms in total. The van der Waals surface area contributed by atoms with Crippen LogP contribution in [0.1, 0.15) is 11.3 Å². The Kier molecular flexibility index (Phi) is 4.83. The Bertz CT molecular complexity index is 1070. The molecule has 0 unspecified atom stereocenters. The second-order valence-corrected chi connectivity index (χ2v) is 5.71. The van der Waals surface area contributed by atoms with Crippen LogP contribution in [-0.2, 0) is 0 Å². The minimum absolute atomic E-state index is 0.122. The molecule has 0 aliphatic rings. The Balaban J connectivity index is 1.95. The molecule has 0 saturated heterocycles. The van der Waals surface area contributed by atoms with Crippen molar-refractivity contribution in [3.63, 3.8) is 0 Å². The summed E-state index contributed by atoms with van der Waals surface area (Å²) in [5.41, 5.74) is 1.03. The van der Waals surface area contributed by atoms with E-state index in [9.17, 15) is 19.8 Å². The van der Waals surface area contributed by atoms with Gasteiger partial charge >= 0.3 is 0 Å². The van der Waals surface area contributed by atoms with Gasteiger partial charge in [-0.15, -0.1) is 0 Å². The van der Waals surface area contributed by atoms with Crippen LogP contribution in [0, 0.1) is 27.3 Å². The number of furan rings is 1. The standard InChI is InChI=1S/C19H10ClFN2O3/c20-18-10-15(23(24)25)4-6-17(18)19-7-5-16(26-19)9-13(11-22)12-2-1-3-14(21)8-12/h1-10H. The Morgan fingerprint density at radius 3 is 2.69 bits per heavy atom. The van der Waals surface area contributed by atoms with Gasteiger partial charge in [-0.3, -0.25) is 10.1 Å². The first kappa shape index (κ1) is 17.4. The molecule has 0 radical (unpaired) electrons. The molecule has 128 valence electrons. The van der Waals surface area contributed by atoms with Gasteiger partial charge in [-0.25, -0.2) is 4.39 Å². The van der Waals surface area contributed by atoms with E-state index in [0.29, 0.717) is 22.6 Å². The van der Waals surface area contributed by atoms with Gasteiger partial charge in [0, 0.05) is 17.7 Å². The summed E-state index contributed by atoms with van der Waals surface area (Å²) < 4.78 is 19.0. The Hall–Kier alpha value is -3.43. The molecule has 0 aliphatic heterocycles. The van der Waals surface area contributed by atoms with E-state index in [4.69, 9.17) is 16.0 Å². The van der Waals surface area contributed by atoms with E-state index in [0.717, 1.165) is 0 Å². The SMILES string of the molecule is N#CC(=Cc1ccc(-c2ccc([N+](=O)[O-])cc2Cl)o1)c1cccc(F)c1. The highest BCUT2D eigenvalue weighted by atomic mass is 35.5. The molecule has 0 spiro atoms. The summed E-state index contributed by atoms with van der Waals surface area (Å²) in [7, 11) is 0. The third kappa shape index (κ3) is 3.63. The smallest absolute Gasteiger partial charge is 0.270 e. The molecule has 26 heavy (non-hydrogen) atoms. The second kappa shape index (κ2) is 7.21. The molecule has 0 aliphatic carbocycles. The fourth-order valence-corrected chi connectivity index (χ4v) is 2.64.